The summed E-state index contributed by atoms with van der Waals surface area (Å²) in [6.07, 6.45) is 6.63. The van der Waals surface area contributed by atoms with Crippen molar-refractivity contribution in [1.82, 2.24) is 14.5 Å². The molecule has 2 aromatic heterocycles. The third-order valence-electron chi connectivity index (χ3n) is 2.41. The summed E-state index contributed by atoms with van der Waals surface area (Å²) in [6, 6.07) is 3.98. The predicted octanol–water partition coefficient (Wildman–Crippen LogP) is 2.40. The van der Waals surface area contributed by atoms with Gasteiger partial charge < -0.3 is 5.32 Å². The highest BCUT2D eigenvalue weighted by atomic mass is 15.2. The summed E-state index contributed by atoms with van der Waals surface area (Å²) in [5, 5.41) is 3.29. The molecule has 0 saturated heterocycles. The maximum atomic E-state index is 4.30. The Morgan fingerprint density at radius 1 is 1.31 bits per heavy atom. The van der Waals surface area contributed by atoms with Gasteiger partial charge >= 0.3 is 0 Å². The van der Waals surface area contributed by atoms with Crippen molar-refractivity contribution in [3.8, 4) is 5.69 Å². The number of imidazole rings is 1. The van der Waals surface area contributed by atoms with Gasteiger partial charge in [0, 0.05) is 25.1 Å². The van der Waals surface area contributed by atoms with Gasteiger partial charge in [0.05, 0.1) is 11.4 Å². The number of aromatic nitrogens is 3. The summed E-state index contributed by atoms with van der Waals surface area (Å²) in [5.74, 6) is 0.873. The fraction of sp³-hybridized carbons (Fsp3) is 0.333. The zero-order chi connectivity index (χ0) is 11.4. The number of nitrogens with zero attached hydrogens (tertiary/aromatic N) is 3. The average Bonchev–Trinajstić information content (AvgIpc) is 2.75. The molecule has 0 atom stereocenters. The van der Waals surface area contributed by atoms with E-state index < -0.39 is 0 Å². The Morgan fingerprint density at radius 2 is 2.19 bits per heavy atom. The van der Waals surface area contributed by atoms with E-state index in [4.69, 9.17) is 0 Å². The molecule has 2 heterocycles. The van der Waals surface area contributed by atoms with E-state index in [1.807, 2.05) is 29.8 Å². The number of rotatable bonds is 4. The fourth-order valence-electron chi connectivity index (χ4n) is 1.60. The normalized spacial score (nSPS) is 10.4. The molecule has 0 aliphatic rings. The van der Waals surface area contributed by atoms with Crippen molar-refractivity contribution < 1.29 is 0 Å². The van der Waals surface area contributed by atoms with E-state index in [2.05, 4.69) is 22.2 Å². The van der Waals surface area contributed by atoms with Gasteiger partial charge in [-0.05, 0) is 25.5 Å². The third kappa shape index (κ3) is 2.05. The van der Waals surface area contributed by atoms with Crippen LogP contribution in [0.25, 0.3) is 5.69 Å². The van der Waals surface area contributed by atoms with Crippen LogP contribution in [0.1, 0.15) is 19.0 Å². The van der Waals surface area contributed by atoms with E-state index in [9.17, 15) is 0 Å². The Hall–Kier alpha value is -1.84. The first-order chi connectivity index (χ1) is 7.83. The van der Waals surface area contributed by atoms with Crippen molar-refractivity contribution in [3.63, 3.8) is 0 Å². The average molecular weight is 216 g/mol. The van der Waals surface area contributed by atoms with Crippen LogP contribution in [0.2, 0.25) is 0 Å². The van der Waals surface area contributed by atoms with E-state index in [0.29, 0.717) is 0 Å². The standard InChI is InChI=1S/C12H16N4/c1-3-6-14-12-15-8-9-16(12)11-5-4-7-13-10(11)2/h4-5,7-9H,3,6H2,1-2H3,(H,14,15). The lowest BCUT2D eigenvalue weighted by molar-refractivity contribution is 0.929. The van der Waals surface area contributed by atoms with Gasteiger partial charge in [-0.25, -0.2) is 4.98 Å². The molecular formula is C12H16N4. The molecule has 0 aromatic carbocycles. The molecule has 2 rings (SSSR count). The van der Waals surface area contributed by atoms with Crippen molar-refractivity contribution in [2.24, 2.45) is 0 Å². The number of anilines is 1. The zero-order valence-corrected chi connectivity index (χ0v) is 9.64. The van der Waals surface area contributed by atoms with E-state index >= 15 is 0 Å². The minimum atomic E-state index is 0.873. The Morgan fingerprint density at radius 3 is 2.94 bits per heavy atom. The van der Waals surface area contributed by atoms with Gasteiger partial charge in [-0.3, -0.25) is 9.55 Å². The Balaban J connectivity index is 2.33. The smallest absolute Gasteiger partial charge is 0.207 e. The SMILES string of the molecule is CCCNc1nccn1-c1cccnc1C. The van der Waals surface area contributed by atoms with E-state index in [-0.39, 0.29) is 0 Å². The first kappa shape index (κ1) is 10.7. The van der Waals surface area contributed by atoms with Crippen LogP contribution in [0, 0.1) is 6.92 Å². The quantitative estimate of drug-likeness (QED) is 0.853. The molecular weight excluding hydrogens is 200 g/mol. The van der Waals surface area contributed by atoms with Gasteiger partial charge in [-0.15, -0.1) is 0 Å². The second-order valence-electron chi connectivity index (χ2n) is 3.66. The Bertz CT molecular complexity index is 462. The van der Waals surface area contributed by atoms with Gasteiger partial charge in [-0.1, -0.05) is 6.92 Å². The summed E-state index contributed by atoms with van der Waals surface area (Å²) in [6.45, 7) is 5.06. The summed E-state index contributed by atoms with van der Waals surface area (Å²) >= 11 is 0. The van der Waals surface area contributed by atoms with Crippen molar-refractivity contribution in [2.75, 3.05) is 11.9 Å². The molecule has 16 heavy (non-hydrogen) atoms. The molecule has 1 N–H and O–H groups in total. The molecule has 0 radical (unpaired) electrons. The van der Waals surface area contributed by atoms with Gasteiger partial charge in [-0.2, -0.15) is 0 Å². The van der Waals surface area contributed by atoms with Crippen molar-refractivity contribution in [2.45, 2.75) is 20.3 Å². The van der Waals surface area contributed by atoms with Crippen LogP contribution in [0.5, 0.6) is 0 Å². The maximum absolute atomic E-state index is 4.30. The molecule has 0 amide bonds. The predicted molar refractivity (Wildman–Crippen MR) is 64.9 cm³/mol. The Kier molecular flexibility index (Phi) is 3.19. The van der Waals surface area contributed by atoms with Gasteiger partial charge in [0.15, 0.2) is 0 Å². The number of hydrogen-bond acceptors (Lipinski definition) is 3. The highest BCUT2D eigenvalue weighted by Crippen LogP contribution is 2.16. The topological polar surface area (TPSA) is 42.7 Å². The summed E-state index contributed by atoms with van der Waals surface area (Å²) in [5.41, 5.74) is 2.07. The minimum Gasteiger partial charge on any atom is -0.355 e. The summed E-state index contributed by atoms with van der Waals surface area (Å²) < 4.78 is 2.03. The fourth-order valence-corrected chi connectivity index (χ4v) is 1.60. The first-order valence-corrected chi connectivity index (χ1v) is 5.52. The van der Waals surface area contributed by atoms with Crippen LogP contribution in [0.15, 0.2) is 30.7 Å². The summed E-state index contributed by atoms with van der Waals surface area (Å²) in [7, 11) is 0. The number of nitrogens with one attached hydrogen (secondary N) is 1. The molecule has 4 nitrogen and oxygen atoms in total. The molecule has 0 aliphatic heterocycles. The largest absolute Gasteiger partial charge is 0.355 e. The highest BCUT2D eigenvalue weighted by Gasteiger charge is 2.06. The van der Waals surface area contributed by atoms with E-state index in [1.54, 1.807) is 12.4 Å². The van der Waals surface area contributed by atoms with Crippen molar-refractivity contribution in [1.29, 1.82) is 0 Å². The van der Waals surface area contributed by atoms with Gasteiger partial charge in [0.25, 0.3) is 0 Å². The van der Waals surface area contributed by atoms with E-state index in [1.165, 1.54) is 0 Å². The van der Waals surface area contributed by atoms with E-state index in [0.717, 1.165) is 30.3 Å². The molecule has 0 fully saturated rings. The second-order valence-corrected chi connectivity index (χ2v) is 3.66. The molecule has 2 aromatic rings. The summed E-state index contributed by atoms with van der Waals surface area (Å²) in [4.78, 5) is 8.58. The molecule has 0 spiro atoms. The van der Waals surface area contributed by atoms with Crippen molar-refractivity contribution in [3.05, 3.63) is 36.4 Å². The first-order valence-electron chi connectivity index (χ1n) is 5.52. The van der Waals surface area contributed by atoms with Crippen LogP contribution in [-0.2, 0) is 0 Å². The van der Waals surface area contributed by atoms with Gasteiger partial charge in [0.1, 0.15) is 0 Å². The highest BCUT2D eigenvalue weighted by molar-refractivity contribution is 5.43. The third-order valence-corrected chi connectivity index (χ3v) is 2.41. The lowest BCUT2D eigenvalue weighted by Gasteiger charge is -2.10. The van der Waals surface area contributed by atoms with Crippen LogP contribution in [-0.4, -0.2) is 21.1 Å². The number of hydrogen-bond donors (Lipinski definition) is 1. The van der Waals surface area contributed by atoms with Crippen LogP contribution in [0.3, 0.4) is 0 Å². The Labute approximate surface area is 95.4 Å². The minimum absolute atomic E-state index is 0.873. The second kappa shape index (κ2) is 4.79. The maximum Gasteiger partial charge on any atom is 0.207 e. The number of aryl methyl sites for hydroxylation is 1. The van der Waals surface area contributed by atoms with Crippen LogP contribution >= 0.6 is 0 Å². The lowest BCUT2D eigenvalue weighted by atomic mass is 10.3. The van der Waals surface area contributed by atoms with Gasteiger partial charge in [0.2, 0.25) is 5.95 Å². The van der Waals surface area contributed by atoms with Crippen LogP contribution < -0.4 is 5.32 Å². The molecule has 0 unspecified atom stereocenters. The molecule has 0 bridgehead atoms. The molecule has 84 valence electrons. The lowest BCUT2D eigenvalue weighted by Crippen LogP contribution is -2.07. The molecule has 4 heteroatoms. The van der Waals surface area contributed by atoms with Crippen molar-refractivity contribution >= 4 is 5.95 Å². The monoisotopic (exact) mass is 216 g/mol. The molecule has 0 aliphatic carbocycles. The zero-order valence-electron chi connectivity index (χ0n) is 9.64. The number of pyridine rings is 1. The molecule has 0 saturated carbocycles. The van der Waals surface area contributed by atoms with Crippen LogP contribution in [0.4, 0.5) is 5.95 Å².